The van der Waals surface area contributed by atoms with E-state index in [1.807, 2.05) is 36.4 Å². The minimum Gasteiger partial charge on any atom is -0.462 e. The molecule has 1 aliphatic rings. The van der Waals surface area contributed by atoms with Crippen LogP contribution in [0.1, 0.15) is 36.0 Å². The zero-order chi connectivity index (χ0) is 18.4. The maximum absolute atomic E-state index is 11.9. The Labute approximate surface area is 159 Å². The van der Waals surface area contributed by atoms with Gasteiger partial charge >= 0.3 is 5.97 Å². The number of halogens is 1. The maximum Gasteiger partial charge on any atom is 0.338 e. The minimum atomic E-state index is -0.235. The molecule has 0 spiro atoms. The SMILES string of the molecule is Nc1cc(N2CCC(CCCOC(=O)c3ccccc3)CC2)ccc1Cl. The van der Waals surface area contributed by atoms with Gasteiger partial charge in [0.25, 0.3) is 0 Å². The molecule has 0 aromatic heterocycles. The van der Waals surface area contributed by atoms with Gasteiger partial charge in [0, 0.05) is 18.8 Å². The first-order chi connectivity index (χ1) is 12.6. The third-order valence-corrected chi connectivity index (χ3v) is 5.30. The van der Waals surface area contributed by atoms with Crippen LogP contribution in [0.2, 0.25) is 5.02 Å². The molecule has 2 aromatic carbocycles. The lowest BCUT2D eigenvalue weighted by molar-refractivity contribution is 0.0492. The van der Waals surface area contributed by atoms with E-state index in [1.54, 1.807) is 12.1 Å². The molecule has 0 radical (unpaired) electrons. The highest BCUT2D eigenvalue weighted by atomic mass is 35.5. The summed E-state index contributed by atoms with van der Waals surface area (Å²) in [4.78, 5) is 14.3. The Morgan fingerprint density at radius 3 is 2.58 bits per heavy atom. The van der Waals surface area contributed by atoms with Gasteiger partial charge in [-0.2, -0.15) is 0 Å². The summed E-state index contributed by atoms with van der Waals surface area (Å²) in [5.74, 6) is 0.451. The summed E-state index contributed by atoms with van der Waals surface area (Å²) in [6, 6.07) is 15.0. The van der Waals surface area contributed by atoms with E-state index < -0.39 is 0 Å². The van der Waals surface area contributed by atoms with Crippen LogP contribution >= 0.6 is 11.6 Å². The fraction of sp³-hybridized carbons (Fsp3) is 0.381. The molecule has 0 atom stereocenters. The standard InChI is InChI=1S/C21H25ClN2O2/c22-19-9-8-18(15-20(19)23)24-12-10-16(11-13-24)5-4-14-26-21(25)17-6-2-1-3-7-17/h1-3,6-9,15-16H,4-5,10-14,23H2. The Bertz CT molecular complexity index is 728. The number of hydrogen-bond donors (Lipinski definition) is 1. The Balaban J connectivity index is 1.36. The Morgan fingerprint density at radius 1 is 1.15 bits per heavy atom. The Hall–Kier alpha value is -2.20. The molecular formula is C21H25ClN2O2. The molecule has 1 saturated heterocycles. The lowest BCUT2D eigenvalue weighted by Crippen LogP contribution is -2.33. The molecule has 1 fully saturated rings. The van der Waals surface area contributed by atoms with Crippen LogP contribution < -0.4 is 10.6 Å². The molecule has 1 aliphatic heterocycles. The number of carbonyl (C=O) groups is 1. The van der Waals surface area contributed by atoms with Crippen LogP contribution in [-0.4, -0.2) is 25.7 Å². The quantitative estimate of drug-likeness (QED) is 0.450. The monoisotopic (exact) mass is 372 g/mol. The van der Waals surface area contributed by atoms with Crippen LogP contribution in [-0.2, 0) is 4.74 Å². The van der Waals surface area contributed by atoms with Crippen LogP contribution in [0.25, 0.3) is 0 Å². The predicted molar refractivity (Wildman–Crippen MR) is 107 cm³/mol. The molecule has 26 heavy (non-hydrogen) atoms. The smallest absolute Gasteiger partial charge is 0.338 e. The van der Waals surface area contributed by atoms with Gasteiger partial charge in [0.05, 0.1) is 22.9 Å². The van der Waals surface area contributed by atoms with Crippen molar-refractivity contribution in [1.82, 2.24) is 0 Å². The second kappa shape index (κ2) is 8.95. The molecule has 1 heterocycles. The number of carbonyl (C=O) groups excluding carboxylic acids is 1. The number of nitrogens with zero attached hydrogens (tertiary/aromatic N) is 1. The van der Waals surface area contributed by atoms with Gasteiger partial charge in [0.1, 0.15) is 0 Å². The highest BCUT2D eigenvalue weighted by Crippen LogP contribution is 2.29. The van der Waals surface area contributed by atoms with Gasteiger partial charge in [0.15, 0.2) is 0 Å². The second-order valence-corrected chi connectivity index (χ2v) is 7.19. The molecule has 138 valence electrons. The molecule has 0 unspecified atom stereocenters. The van der Waals surface area contributed by atoms with Crippen molar-refractivity contribution in [2.45, 2.75) is 25.7 Å². The summed E-state index contributed by atoms with van der Waals surface area (Å²) in [6.45, 7) is 2.53. The van der Waals surface area contributed by atoms with Gasteiger partial charge in [-0.1, -0.05) is 29.8 Å². The van der Waals surface area contributed by atoms with Gasteiger partial charge < -0.3 is 15.4 Å². The van der Waals surface area contributed by atoms with Crippen LogP contribution in [0.4, 0.5) is 11.4 Å². The van der Waals surface area contributed by atoms with Crippen molar-refractivity contribution in [3.05, 3.63) is 59.1 Å². The summed E-state index contributed by atoms with van der Waals surface area (Å²) in [7, 11) is 0. The zero-order valence-corrected chi connectivity index (χ0v) is 15.6. The topological polar surface area (TPSA) is 55.6 Å². The predicted octanol–water partition coefficient (Wildman–Crippen LogP) is 4.78. The van der Waals surface area contributed by atoms with Crippen LogP contribution in [0.3, 0.4) is 0 Å². The number of anilines is 2. The summed E-state index contributed by atoms with van der Waals surface area (Å²) >= 11 is 6.00. The number of benzene rings is 2. The third-order valence-electron chi connectivity index (χ3n) is 4.96. The number of hydrogen-bond acceptors (Lipinski definition) is 4. The lowest BCUT2D eigenvalue weighted by Gasteiger charge is -2.33. The molecule has 0 saturated carbocycles. The average Bonchev–Trinajstić information content (AvgIpc) is 2.68. The number of piperidine rings is 1. The van der Waals surface area contributed by atoms with Crippen LogP contribution in [0, 0.1) is 5.92 Å². The number of ether oxygens (including phenoxy) is 1. The second-order valence-electron chi connectivity index (χ2n) is 6.78. The van der Waals surface area contributed by atoms with E-state index in [9.17, 15) is 4.79 Å². The van der Waals surface area contributed by atoms with Gasteiger partial charge in [-0.25, -0.2) is 4.79 Å². The van der Waals surface area contributed by atoms with Crippen molar-refractivity contribution in [3.8, 4) is 0 Å². The van der Waals surface area contributed by atoms with E-state index in [4.69, 9.17) is 22.1 Å². The normalized spacial score (nSPS) is 15.0. The fourth-order valence-corrected chi connectivity index (χ4v) is 3.52. The lowest BCUT2D eigenvalue weighted by atomic mass is 9.92. The van der Waals surface area contributed by atoms with E-state index in [1.165, 1.54) is 0 Å². The van der Waals surface area contributed by atoms with Gasteiger partial charge in [-0.3, -0.25) is 0 Å². The molecular weight excluding hydrogens is 348 g/mol. The van der Waals surface area contributed by atoms with Gasteiger partial charge in [-0.05, 0) is 61.9 Å². The van der Waals surface area contributed by atoms with Gasteiger partial charge in [0.2, 0.25) is 0 Å². The first-order valence-electron chi connectivity index (χ1n) is 9.15. The van der Waals surface area contributed by atoms with E-state index in [0.29, 0.717) is 28.8 Å². The van der Waals surface area contributed by atoms with Gasteiger partial charge in [-0.15, -0.1) is 0 Å². The molecule has 0 amide bonds. The Kier molecular flexibility index (Phi) is 6.40. The third kappa shape index (κ3) is 4.92. The molecule has 2 aromatic rings. The van der Waals surface area contributed by atoms with Crippen LogP contribution in [0.15, 0.2) is 48.5 Å². The summed E-state index contributed by atoms with van der Waals surface area (Å²) in [5, 5.41) is 0.605. The van der Waals surface area contributed by atoms with Crippen LogP contribution in [0.5, 0.6) is 0 Å². The fourth-order valence-electron chi connectivity index (χ4n) is 3.40. The molecule has 5 heteroatoms. The number of nitrogens with two attached hydrogens (primary N) is 1. The zero-order valence-electron chi connectivity index (χ0n) is 14.9. The van der Waals surface area contributed by atoms with E-state index in [-0.39, 0.29) is 5.97 Å². The van der Waals surface area contributed by atoms with E-state index in [0.717, 1.165) is 44.5 Å². The molecule has 2 N–H and O–H groups in total. The van der Waals surface area contributed by atoms with Crippen molar-refractivity contribution in [2.24, 2.45) is 5.92 Å². The number of rotatable bonds is 6. The first-order valence-corrected chi connectivity index (χ1v) is 9.53. The van der Waals surface area contributed by atoms with Crippen molar-refractivity contribution in [2.75, 3.05) is 30.3 Å². The van der Waals surface area contributed by atoms with Crippen molar-refractivity contribution in [3.63, 3.8) is 0 Å². The van der Waals surface area contributed by atoms with E-state index >= 15 is 0 Å². The van der Waals surface area contributed by atoms with E-state index in [2.05, 4.69) is 4.90 Å². The summed E-state index contributed by atoms with van der Waals surface area (Å²) in [5.41, 5.74) is 8.29. The first kappa shape index (κ1) is 18.6. The van der Waals surface area contributed by atoms with Crippen molar-refractivity contribution < 1.29 is 9.53 Å². The van der Waals surface area contributed by atoms with Crippen molar-refractivity contribution >= 4 is 28.9 Å². The molecule has 4 nitrogen and oxygen atoms in total. The number of nitrogen functional groups attached to an aromatic ring is 1. The summed E-state index contributed by atoms with van der Waals surface area (Å²) < 4.78 is 5.36. The highest BCUT2D eigenvalue weighted by Gasteiger charge is 2.19. The number of esters is 1. The average molecular weight is 373 g/mol. The largest absolute Gasteiger partial charge is 0.462 e. The Morgan fingerprint density at radius 2 is 1.88 bits per heavy atom. The summed E-state index contributed by atoms with van der Waals surface area (Å²) in [6.07, 6.45) is 4.31. The minimum absolute atomic E-state index is 0.235. The maximum atomic E-state index is 11.9. The molecule has 3 rings (SSSR count). The highest BCUT2D eigenvalue weighted by molar-refractivity contribution is 6.33. The molecule has 0 aliphatic carbocycles. The molecule has 0 bridgehead atoms. The van der Waals surface area contributed by atoms with Crippen molar-refractivity contribution in [1.29, 1.82) is 0 Å².